The molecule has 0 bridgehead atoms. The van der Waals surface area contributed by atoms with Crippen LogP contribution in [0.25, 0.3) is 17.0 Å². The number of carbonyl (C=O) groups is 3. The molecule has 90 heavy (non-hydrogen) atoms. The van der Waals surface area contributed by atoms with Crippen molar-refractivity contribution in [1.29, 1.82) is 0 Å². The van der Waals surface area contributed by atoms with Gasteiger partial charge in [-0.05, 0) is 88.9 Å². The average Bonchev–Trinajstić information content (AvgIpc) is 1.57. The van der Waals surface area contributed by atoms with E-state index in [4.69, 9.17) is 66.1 Å². The lowest BCUT2D eigenvalue weighted by Gasteiger charge is -2.30. The highest BCUT2D eigenvalue weighted by molar-refractivity contribution is 7.86. The number of imide groups is 1. The molecule has 1 atom stereocenters. The quantitative estimate of drug-likeness (QED) is 0.0273. The summed E-state index contributed by atoms with van der Waals surface area (Å²) in [6, 6.07) is 12.0. The van der Waals surface area contributed by atoms with Gasteiger partial charge in [0.15, 0.2) is 0 Å². The smallest absolute Gasteiger partial charge is 0.362 e. The summed E-state index contributed by atoms with van der Waals surface area (Å²) in [5, 5.41) is 1.25. The lowest BCUT2D eigenvalue weighted by atomic mass is 9.77. The summed E-state index contributed by atoms with van der Waals surface area (Å²) in [4.78, 5) is 46.2. The van der Waals surface area contributed by atoms with Gasteiger partial charge in [0.05, 0.1) is 173 Å². The van der Waals surface area contributed by atoms with Crippen LogP contribution in [0, 0.1) is 0 Å². The van der Waals surface area contributed by atoms with E-state index in [0.717, 1.165) is 16.6 Å². The molecule has 0 aliphatic carbocycles. The molecule has 2 amide bonds. The number of hydrogen-bond donors (Lipinski definition) is 2. The summed E-state index contributed by atoms with van der Waals surface area (Å²) in [7, 11) is -5.82. The Hall–Kier alpha value is -5.12. The number of nitrogens with zero attached hydrogens (tertiary/aromatic N) is 3. The molecule has 2 aliphatic rings. The van der Waals surface area contributed by atoms with E-state index in [-0.39, 0.29) is 50.0 Å². The summed E-state index contributed by atoms with van der Waals surface area (Å²) in [6.07, 6.45) is 5.46. The molecule has 1 fully saturated rings. The molecule has 2 aromatic carbocycles. The number of benzene rings is 2. The van der Waals surface area contributed by atoms with Crippen molar-refractivity contribution in [1.82, 2.24) is 5.06 Å². The Labute approximate surface area is 529 Å². The summed E-state index contributed by atoms with van der Waals surface area (Å²) in [5.41, 5.74) is 2.24. The first-order valence-corrected chi connectivity index (χ1v) is 33.4. The van der Waals surface area contributed by atoms with Crippen molar-refractivity contribution in [2.24, 2.45) is 0 Å². The predicted molar refractivity (Wildman–Crippen MR) is 334 cm³/mol. The fraction of sp³-hybridized carbons (Fsp3) is 0.645. The largest absolute Gasteiger partial charge is 0.382 e. The Morgan fingerprint density at radius 2 is 1.12 bits per heavy atom. The average molecular weight is 1310 g/mol. The topological polar surface area (TPSA) is 301 Å². The Morgan fingerprint density at radius 3 is 1.58 bits per heavy atom. The molecular weight excluding hydrogens is 1220 g/mol. The standard InChI is InChI=1S/C62H93N3O23S2/c1-61(2,3)57-46-49(10-7-11-56-62(4,19-8-12-60(68)88-65-58(66)17-18-59(65)67)53-48-51(90(72,73)74)14-16-54(53)64(56)20-9-45-89(69,70)71)52-15-13-50(47-55(52)87-57)63(21-23-77-29-31-81-37-39-85-43-41-83-35-33-79-27-25-75-5)22-24-78-30-32-82-38-40-86-44-42-84-36-34-80-28-26-76-6/h7,10-11,13-16,46-48H,8-9,12,17-45H2,1-6H3,(H-,69,70,71,72,73,74)/p+1/b10-7+,56-11-. The SMILES string of the molecule is COCCOCCOCCOCCOCCOCCN(CCOCCOCCOCCOCCOCCOC)c1ccc2c(/C=C/C=C3\N(CCCS(=O)(=O)O)c4ccc(S(=O)(=O)O)cc4C3(C)CCCC(=O)ON3C(=O)CCC3=O)cc(C(C)(C)C)[o+]c2c1. The molecule has 506 valence electrons. The zero-order valence-corrected chi connectivity index (χ0v) is 54.7. The second-order valence-electron chi connectivity index (χ2n) is 22.2. The van der Waals surface area contributed by atoms with Crippen LogP contribution >= 0.6 is 0 Å². The highest BCUT2D eigenvalue weighted by Gasteiger charge is 2.44. The fourth-order valence-corrected chi connectivity index (χ4v) is 10.6. The van der Waals surface area contributed by atoms with Gasteiger partial charge in [-0.25, -0.2) is 9.21 Å². The molecule has 3 aromatic rings. The van der Waals surface area contributed by atoms with Crippen LogP contribution in [0.3, 0.4) is 0 Å². The van der Waals surface area contributed by atoms with Gasteiger partial charge in [-0.1, -0.05) is 12.2 Å². The molecule has 2 N–H and O–H groups in total. The van der Waals surface area contributed by atoms with Crippen molar-refractivity contribution in [3.63, 3.8) is 0 Å². The third-order valence-corrected chi connectivity index (χ3v) is 16.0. The number of hydroxylamine groups is 2. The first-order chi connectivity index (χ1) is 43.2. The van der Waals surface area contributed by atoms with E-state index in [1.165, 1.54) is 18.2 Å². The van der Waals surface area contributed by atoms with E-state index < -0.39 is 54.6 Å². The Morgan fingerprint density at radius 1 is 0.644 bits per heavy atom. The predicted octanol–water partition coefficient (Wildman–Crippen LogP) is 6.25. The van der Waals surface area contributed by atoms with Gasteiger partial charge in [0.2, 0.25) is 0 Å². The van der Waals surface area contributed by atoms with E-state index in [0.29, 0.717) is 192 Å². The summed E-state index contributed by atoms with van der Waals surface area (Å²) >= 11 is 0. The Bertz CT molecular complexity index is 2900. The molecule has 3 heterocycles. The number of fused-ring (bicyclic) bond motifs is 2. The lowest BCUT2D eigenvalue weighted by Crippen LogP contribution is -2.32. The first-order valence-electron chi connectivity index (χ1n) is 30.4. The number of anilines is 2. The number of methoxy groups -OCH3 is 2. The molecular formula is C62H94N3O23S2+. The second kappa shape index (κ2) is 40.1. The number of allylic oxidation sites excluding steroid dienone is 3. The molecule has 2 aliphatic heterocycles. The first kappa shape index (κ1) is 75.6. The maximum Gasteiger partial charge on any atom is 0.362 e. The third kappa shape index (κ3) is 26.8. The number of rotatable bonds is 49. The minimum atomic E-state index is -4.70. The van der Waals surface area contributed by atoms with Gasteiger partial charge >= 0.3 is 17.3 Å². The number of ether oxygens (including phenoxy) is 12. The monoisotopic (exact) mass is 1310 g/mol. The molecule has 28 heteroatoms. The lowest BCUT2D eigenvalue weighted by molar-refractivity contribution is -0.197. The summed E-state index contributed by atoms with van der Waals surface area (Å²) in [5.74, 6) is -1.96. The summed E-state index contributed by atoms with van der Waals surface area (Å²) < 4.78 is 142. The molecule has 0 radical (unpaired) electrons. The van der Waals surface area contributed by atoms with Gasteiger partial charge in [-0.15, -0.1) is 5.06 Å². The molecule has 1 aromatic heterocycles. The molecule has 0 spiro atoms. The van der Waals surface area contributed by atoms with Gasteiger partial charge in [0.1, 0.15) is 0 Å². The fourth-order valence-electron chi connectivity index (χ4n) is 9.61. The molecule has 1 saturated heterocycles. The van der Waals surface area contributed by atoms with Gasteiger partial charge < -0.3 is 71.5 Å². The zero-order chi connectivity index (χ0) is 65.3. The Kier molecular flexibility index (Phi) is 33.7. The maximum atomic E-state index is 13.0. The molecule has 5 rings (SSSR count). The Balaban J connectivity index is 1.32. The number of hydrogen-bond acceptors (Lipinski definition) is 22. The van der Waals surface area contributed by atoms with Crippen LogP contribution in [0.5, 0.6) is 0 Å². The molecule has 26 nitrogen and oxygen atoms in total. The third-order valence-electron chi connectivity index (χ3n) is 14.3. The van der Waals surface area contributed by atoms with E-state index >= 15 is 0 Å². The van der Waals surface area contributed by atoms with Gasteiger partial charge in [0.25, 0.3) is 32.1 Å². The van der Waals surface area contributed by atoms with Crippen LogP contribution in [0.1, 0.15) is 83.1 Å². The zero-order valence-electron chi connectivity index (χ0n) is 53.0. The van der Waals surface area contributed by atoms with Crippen molar-refractivity contribution in [3.8, 4) is 0 Å². The normalized spacial score (nSPS) is 16.0. The highest BCUT2D eigenvalue weighted by atomic mass is 32.2. The van der Waals surface area contributed by atoms with E-state index in [2.05, 4.69) is 4.90 Å². The molecule has 1 unspecified atom stereocenters. The van der Waals surface area contributed by atoms with E-state index in [1.807, 2.05) is 75.1 Å². The summed E-state index contributed by atoms with van der Waals surface area (Å²) in [6.45, 7) is 18.7. The highest BCUT2D eigenvalue weighted by Crippen LogP contribution is 2.51. The van der Waals surface area contributed by atoms with E-state index in [9.17, 15) is 40.3 Å². The second-order valence-corrected chi connectivity index (χ2v) is 25.2. The van der Waals surface area contributed by atoms with Crippen LogP contribution in [0.15, 0.2) is 69.6 Å². The number of amides is 2. The van der Waals surface area contributed by atoms with Gasteiger partial charge in [-0.2, -0.15) is 16.8 Å². The molecule has 0 saturated carbocycles. The van der Waals surface area contributed by atoms with Gasteiger partial charge in [-0.3, -0.25) is 18.7 Å². The van der Waals surface area contributed by atoms with Crippen molar-refractivity contribution in [3.05, 3.63) is 77.2 Å². The van der Waals surface area contributed by atoms with Crippen molar-refractivity contribution >= 4 is 66.4 Å². The van der Waals surface area contributed by atoms with Crippen LogP contribution in [-0.2, 0) is 107 Å². The van der Waals surface area contributed by atoms with Crippen LogP contribution in [0.2, 0.25) is 0 Å². The number of carbonyl (C=O) groups excluding carboxylic acids is 3. The van der Waals surface area contributed by atoms with Crippen LogP contribution in [-0.4, -0.2) is 234 Å². The van der Waals surface area contributed by atoms with Crippen molar-refractivity contribution in [2.45, 2.75) is 81.9 Å². The van der Waals surface area contributed by atoms with E-state index in [1.54, 1.807) is 14.2 Å². The van der Waals surface area contributed by atoms with Gasteiger partial charge in [0, 0.05) is 87.2 Å². The van der Waals surface area contributed by atoms with Crippen molar-refractivity contribution < 1.29 is 106 Å². The minimum Gasteiger partial charge on any atom is -0.382 e. The van der Waals surface area contributed by atoms with Crippen molar-refractivity contribution in [2.75, 3.05) is 195 Å². The van der Waals surface area contributed by atoms with Crippen LogP contribution < -0.4 is 9.80 Å². The maximum absolute atomic E-state index is 13.0. The minimum absolute atomic E-state index is 0.0250. The van der Waals surface area contributed by atoms with Crippen LogP contribution in [0.4, 0.5) is 11.4 Å².